The van der Waals surface area contributed by atoms with E-state index in [1.807, 2.05) is 11.0 Å². The summed E-state index contributed by atoms with van der Waals surface area (Å²) in [5.41, 5.74) is 1.94. The number of rotatable bonds is 6. The third-order valence-electron chi connectivity index (χ3n) is 5.61. The quantitative estimate of drug-likeness (QED) is 0.787. The van der Waals surface area contributed by atoms with Crippen LogP contribution in [0.15, 0.2) is 36.4 Å². The summed E-state index contributed by atoms with van der Waals surface area (Å²) in [4.78, 5) is 18.8. The Morgan fingerprint density at radius 3 is 2.72 bits per heavy atom. The number of benzene rings is 1. The lowest BCUT2D eigenvalue weighted by molar-refractivity contribution is -0.138. The summed E-state index contributed by atoms with van der Waals surface area (Å²) in [6.45, 7) is 2.05. The summed E-state index contributed by atoms with van der Waals surface area (Å²) in [6.07, 6.45) is -0.195. The lowest BCUT2D eigenvalue weighted by Crippen LogP contribution is -2.32. The second-order valence-electron chi connectivity index (χ2n) is 7.91. The smallest absolute Gasteiger partial charge is 0.351 e. The SMILES string of the molecule is O=C(NCCC1CC1)c1ccc2c(n1)CCN(Cc1ccccc1C(F)(F)F)C2. The standard InChI is InChI=1S/C22H24F3N3O/c23-22(24,25)18-4-2-1-3-16(18)13-28-12-10-19-17(14-28)7-8-20(27-19)21(29)26-11-9-15-5-6-15/h1-4,7-8,15H,5-6,9-14H2,(H,26,29). The number of halogens is 3. The molecular weight excluding hydrogens is 379 g/mol. The van der Waals surface area contributed by atoms with Gasteiger partial charge >= 0.3 is 6.18 Å². The minimum atomic E-state index is -4.35. The molecule has 4 nitrogen and oxygen atoms in total. The van der Waals surface area contributed by atoms with Crippen LogP contribution >= 0.6 is 0 Å². The van der Waals surface area contributed by atoms with E-state index in [1.54, 1.807) is 12.1 Å². The van der Waals surface area contributed by atoms with Crippen molar-refractivity contribution in [2.45, 2.75) is 44.9 Å². The van der Waals surface area contributed by atoms with Crippen LogP contribution in [0.25, 0.3) is 0 Å². The second-order valence-corrected chi connectivity index (χ2v) is 7.91. The number of nitrogens with zero attached hydrogens (tertiary/aromatic N) is 2. The lowest BCUT2D eigenvalue weighted by atomic mass is 10.0. The number of carbonyl (C=O) groups is 1. The van der Waals surface area contributed by atoms with Gasteiger partial charge in [0.15, 0.2) is 0 Å². The fourth-order valence-corrected chi connectivity index (χ4v) is 3.80. The van der Waals surface area contributed by atoms with Crippen molar-refractivity contribution in [1.29, 1.82) is 0 Å². The third kappa shape index (κ3) is 4.96. The number of alkyl halides is 3. The van der Waals surface area contributed by atoms with Crippen LogP contribution < -0.4 is 5.32 Å². The number of hydrogen-bond donors (Lipinski definition) is 1. The fraction of sp³-hybridized carbons (Fsp3) is 0.455. The monoisotopic (exact) mass is 403 g/mol. The van der Waals surface area contributed by atoms with Crippen LogP contribution in [0.4, 0.5) is 13.2 Å². The van der Waals surface area contributed by atoms with Gasteiger partial charge in [-0.15, -0.1) is 0 Å². The molecule has 1 aliphatic heterocycles. The van der Waals surface area contributed by atoms with Gasteiger partial charge in [0.2, 0.25) is 0 Å². The average Bonchev–Trinajstić information content (AvgIpc) is 3.51. The summed E-state index contributed by atoms with van der Waals surface area (Å²) in [5, 5.41) is 2.92. The molecule has 4 rings (SSSR count). The Morgan fingerprint density at radius 2 is 1.97 bits per heavy atom. The van der Waals surface area contributed by atoms with E-state index in [4.69, 9.17) is 0 Å². The fourth-order valence-electron chi connectivity index (χ4n) is 3.80. The van der Waals surface area contributed by atoms with Gasteiger partial charge in [0.25, 0.3) is 5.91 Å². The average molecular weight is 403 g/mol. The predicted octanol–water partition coefficient (Wildman–Crippen LogP) is 4.19. The van der Waals surface area contributed by atoms with Crippen molar-refractivity contribution >= 4 is 5.91 Å². The molecule has 0 radical (unpaired) electrons. The second kappa shape index (κ2) is 8.14. The van der Waals surface area contributed by atoms with Crippen LogP contribution in [0.5, 0.6) is 0 Å². The largest absolute Gasteiger partial charge is 0.416 e. The minimum absolute atomic E-state index is 0.157. The predicted molar refractivity (Wildman–Crippen MR) is 103 cm³/mol. The van der Waals surface area contributed by atoms with Crippen LogP contribution in [-0.2, 0) is 25.7 Å². The first kappa shape index (κ1) is 19.9. The number of hydrogen-bond acceptors (Lipinski definition) is 3. The number of amides is 1. The summed E-state index contributed by atoms with van der Waals surface area (Å²) >= 11 is 0. The van der Waals surface area contributed by atoms with Crippen molar-refractivity contribution in [2.75, 3.05) is 13.1 Å². The molecule has 2 heterocycles. The third-order valence-corrected chi connectivity index (χ3v) is 5.61. The highest BCUT2D eigenvalue weighted by molar-refractivity contribution is 5.92. The number of aromatic nitrogens is 1. The molecule has 154 valence electrons. The Kier molecular flexibility index (Phi) is 5.58. The van der Waals surface area contributed by atoms with Crippen LogP contribution in [-0.4, -0.2) is 28.9 Å². The summed E-state index contributed by atoms with van der Waals surface area (Å²) in [6, 6.07) is 9.30. The molecule has 2 aromatic rings. The summed E-state index contributed by atoms with van der Waals surface area (Å²) in [7, 11) is 0. The van der Waals surface area contributed by atoms with Gasteiger partial charge in [0.05, 0.1) is 5.56 Å². The van der Waals surface area contributed by atoms with E-state index in [2.05, 4.69) is 10.3 Å². The zero-order valence-corrected chi connectivity index (χ0v) is 16.1. The normalized spacial score (nSPS) is 17.1. The van der Waals surface area contributed by atoms with Crippen LogP contribution in [0.1, 0.15) is 52.1 Å². The molecule has 0 bridgehead atoms. The van der Waals surface area contributed by atoms with E-state index in [1.165, 1.54) is 25.0 Å². The molecular formula is C22H24F3N3O. The van der Waals surface area contributed by atoms with Crippen molar-refractivity contribution in [3.8, 4) is 0 Å². The Hall–Kier alpha value is -2.41. The van der Waals surface area contributed by atoms with Gasteiger partial charge in [-0.25, -0.2) is 4.98 Å². The molecule has 1 aromatic heterocycles. The molecule has 1 aliphatic carbocycles. The van der Waals surface area contributed by atoms with E-state index < -0.39 is 11.7 Å². The van der Waals surface area contributed by atoms with Gasteiger partial charge in [-0.1, -0.05) is 37.1 Å². The van der Waals surface area contributed by atoms with Gasteiger partial charge in [0, 0.05) is 38.3 Å². The first-order chi connectivity index (χ1) is 13.9. The Bertz CT molecular complexity index is 893. The van der Waals surface area contributed by atoms with Crippen LogP contribution in [0, 0.1) is 5.92 Å². The van der Waals surface area contributed by atoms with Gasteiger partial charge in [-0.05, 0) is 35.6 Å². The molecule has 1 amide bonds. The highest BCUT2D eigenvalue weighted by Gasteiger charge is 2.33. The van der Waals surface area contributed by atoms with Crippen molar-refractivity contribution in [3.05, 3.63) is 64.5 Å². The number of fused-ring (bicyclic) bond motifs is 1. The zero-order chi connectivity index (χ0) is 20.4. The Balaban J connectivity index is 1.40. The van der Waals surface area contributed by atoms with E-state index in [0.29, 0.717) is 31.7 Å². The number of nitrogens with one attached hydrogen (secondary N) is 1. The summed E-state index contributed by atoms with van der Waals surface area (Å²) < 4.78 is 39.7. The van der Waals surface area contributed by atoms with Gasteiger partial charge in [-0.2, -0.15) is 13.2 Å². The Morgan fingerprint density at radius 1 is 1.17 bits per heavy atom. The minimum Gasteiger partial charge on any atom is -0.351 e. The number of pyridine rings is 1. The molecule has 0 spiro atoms. The highest BCUT2D eigenvalue weighted by Crippen LogP contribution is 2.33. The van der Waals surface area contributed by atoms with Gasteiger partial charge in [-0.3, -0.25) is 9.69 Å². The molecule has 2 aliphatic rings. The Labute approximate surface area is 168 Å². The maximum Gasteiger partial charge on any atom is 0.416 e. The van der Waals surface area contributed by atoms with Crippen molar-refractivity contribution < 1.29 is 18.0 Å². The van der Waals surface area contributed by atoms with E-state index in [0.717, 1.165) is 29.7 Å². The zero-order valence-electron chi connectivity index (χ0n) is 16.1. The maximum absolute atomic E-state index is 13.2. The molecule has 7 heteroatoms. The van der Waals surface area contributed by atoms with Gasteiger partial charge in [0.1, 0.15) is 5.69 Å². The van der Waals surface area contributed by atoms with Crippen molar-refractivity contribution in [2.24, 2.45) is 5.92 Å². The number of carbonyl (C=O) groups excluding carboxylic acids is 1. The first-order valence-corrected chi connectivity index (χ1v) is 10.0. The molecule has 1 aromatic carbocycles. The van der Waals surface area contributed by atoms with E-state index in [-0.39, 0.29) is 18.0 Å². The molecule has 29 heavy (non-hydrogen) atoms. The topological polar surface area (TPSA) is 45.2 Å². The van der Waals surface area contributed by atoms with Gasteiger partial charge < -0.3 is 5.32 Å². The molecule has 1 N–H and O–H groups in total. The van der Waals surface area contributed by atoms with Crippen molar-refractivity contribution in [3.63, 3.8) is 0 Å². The lowest BCUT2D eigenvalue weighted by Gasteiger charge is -2.29. The van der Waals surface area contributed by atoms with Crippen LogP contribution in [0.2, 0.25) is 0 Å². The molecule has 1 fully saturated rings. The highest BCUT2D eigenvalue weighted by atomic mass is 19.4. The molecule has 0 atom stereocenters. The molecule has 0 unspecified atom stereocenters. The first-order valence-electron chi connectivity index (χ1n) is 10.0. The molecule has 0 saturated heterocycles. The van der Waals surface area contributed by atoms with E-state index >= 15 is 0 Å². The van der Waals surface area contributed by atoms with Crippen LogP contribution in [0.3, 0.4) is 0 Å². The van der Waals surface area contributed by atoms with E-state index in [9.17, 15) is 18.0 Å². The molecule has 1 saturated carbocycles. The maximum atomic E-state index is 13.2. The van der Waals surface area contributed by atoms with Crippen molar-refractivity contribution in [1.82, 2.24) is 15.2 Å². The summed E-state index contributed by atoms with van der Waals surface area (Å²) in [5.74, 6) is 0.607.